The highest BCUT2D eigenvalue weighted by molar-refractivity contribution is 5.97. The lowest BCUT2D eigenvalue weighted by Gasteiger charge is -2.31. The van der Waals surface area contributed by atoms with Gasteiger partial charge in [0.05, 0.1) is 17.4 Å². The molecule has 4 rings (SSSR count). The lowest BCUT2D eigenvalue weighted by atomic mass is 9.76. The highest BCUT2D eigenvalue weighted by atomic mass is 16.4. The van der Waals surface area contributed by atoms with E-state index in [2.05, 4.69) is 6.92 Å². The topological polar surface area (TPSA) is 186 Å². The zero-order valence-electron chi connectivity index (χ0n) is 21.1. The first-order valence-electron chi connectivity index (χ1n) is 12.3. The monoisotopic (exact) mass is 538 g/mol. The Balaban J connectivity index is 0.000000219. The van der Waals surface area contributed by atoms with Crippen LogP contribution in [0.4, 0.5) is 0 Å². The van der Waals surface area contributed by atoms with Gasteiger partial charge in [0.1, 0.15) is 23.7 Å². The minimum Gasteiger partial charge on any atom is -0.508 e. The fourth-order valence-electron chi connectivity index (χ4n) is 4.10. The van der Waals surface area contributed by atoms with Crippen LogP contribution in [0.2, 0.25) is 0 Å². The van der Waals surface area contributed by atoms with Gasteiger partial charge in [-0.2, -0.15) is 0 Å². The number of ketones is 1. The number of unbranched alkanes of at least 4 members (excludes halogenated alkanes) is 1. The summed E-state index contributed by atoms with van der Waals surface area (Å²) in [6, 6.07) is 7.64. The van der Waals surface area contributed by atoms with Crippen LogP contribution in [0, 0.1) is 11.8 Å². The Morgan fingerprint density at radius 2 is 1.72 bits per heavy atom. The van der Waals surface area contributed by atoms with E-state index in [-0.39, 0.29) is 46.1 Å². The Morgan fingerprint density at radius 1 is 0.974 bits per heavy atom. The molecule has 4 atom stereocenters. The average molecular weight is 539 g/mol. The number of phenols is 3. The zero-order valence-corrected chi connectivity index (χ0v) is 21.1. The van der Waals surface area contributed by atoms with Gasteiger partial charge in [0.15, 0.2) is 23.0 Å². The quantitative estimate of drug-likeness (QED) is 0.118. The minimum absolute atomic E-state index is 0.0872. The van der Waals surface area contributed by atoms with Gasteiger partial charge in [-0.1, -0.05) is 37.6 Å². The average Bonchev–Trinajstić information content (AvgIpc) is 2.91. The Bertz CT molecular complexity index is 1450. The number of hydrogen-bond acceptors (Lipinski definition) is 10. The van der Waals surface area contributed by atoms with Gasteiger partial charge in [0.2, 0.25) is 11.2 Å². The van der Waals surface area contributed by atoms with E-state index >= 15 is 0 Å². The number of aliphatic hydroxyl groups excluding tert-OH is 2. The Hall–Kier alpha value is -4.41. The SMILES string of the molecule is CCCC=CC=CC1CC(O)C(O)C(=O)C1C=O.O=c1c(O)c(-c2ccc(O)c(O)c2)oc2cc(O)ccc12. The Labute approximate surface area is 223 Å². The van der Waals surface area contributed by atoms with Gasteiger partial charge < -0.3 is 39.9 Å². The standard InChI is InChI=1S/C15H10O6.C14H20O4/c16-8-2-3-9-12(6-8)21-15(14(20)13(9)19)7-1-4-10(17)11(18)5-7;1-2-3-4-5-6-7-10-8-12(16)14(18)13(17)11(10)9-15/h1-6,16-18,20H;4-7,9-12,14,16,18H,2-3,8H2,1H3. The Morgan fingerprint density at radius 3 is 2.38 bits per heavy atom. The third-order valence-corrected chi connectivity index (χ3v) is 6.26. The molecule has 0 bridgehead atoms. The van der Waals surface area contributed by atoms with Crippen LogP contribution in [-0.2, 0) is 9.59 Å². The van der Waals surface area contributed by atoms with Gasteiger partial charge in [-0.05, 0) is 49.1 Å². The number of hydrogen-bond donors (Lipinski definition) is 6. The van der Waals surface area contributed by atoms with Crippen molar-refractivity contribution in [2.45, 2.75) is 38.4 Å². The summed E-state index contributed by atoms with van der Waals surface area (Å²) in [4.78, 5) is 34.6. The number of Topliss-reactive ketones (excluding diaryl/α,β-unsaturated/α-hetero) is 1. The first kappa shape index (κ1) is 29.2. The predicted molar refractivity (Wildman–Crippen MR) is 142 cm³/mol. The van der Waals surface area contributed by atoms with Crippen molar-refractivity contribution < 1.29 is 44.6 Å². The van der Waals surface area contributed by atoms with Crippen molar-refractivity contribution in [3.8, 4) is 34.3 Å². The van der Waals surface area contributed by atoms with Crippen molar-refractivity contribution in [2.75, 3.05) is 0 Å². The first-order valence-corrected chi connectivity index (χ1v) is 12.3. The number of aromatic hydroxyl groups is 4. The fourth-order valence-corrected chi connectivity index (χ4v) is 4.10. The minimum atomic E-state index is -1.43. The fraction of sp³-hybridized carbons (Fsp3) is 0.276. The first-order chi connectivity index (χ1) is 18.6. The molecule has 0 aliphatic heterocycles. The molecule has 1 aliphatic carbocycles. The molecule has 1 saturated carbocycles. The number of benzene rings is 2. The molecule has 1 aromatic heterocycles. The van der Waals surface area contributed by atoms with Crippen LogP contribution in [0.3, 0.4) is 0 Å². The van der Waals surface area contributed by atoms with Gasteiger partial charge in [-0.25, -0.2) is 0 Å². The number of phenolic OH excluding ortho intramolecular Hbond substituents is 3. The summed E-state index contributed by atoms with van der Waals surface area (Å²) in [6.45, 7) is 2.08. The molecule has 0 amide bonds. The van der Waals surface area contributed by atoms with Crippen molar-refractivity contribution in [3.05, 3.63) is 70.9 Å². The number of aliphatic hydroxyl groups is 2. The second kappa shape index (κ2) is 12.9. The molecule has 2 aromatic carbocycles. The third kappa shape index (κ3) is 6.73. The summed E-state index contributed by atoms with van der Waals surface area (Å²) < 4.78 is 5.43. The molecule has 1 aliphatic rings. The van der Waals surface area contributed by atoms with E-state index in [1.165, 1.54) is 30.3 Å². The van der Waals surface area contributed by atoms with Crippen LogP contribution in [-0.4, -0.2) is 54.9 Å². The van der Waals surface area contributed by atoms with Crippen LogP contribution in [0.1, 0.15) is 26.2 Å². The van der Waals surface area contributed by atoms with E-state index < -0.39 is 40.8 Å². The van der Waals surface area contributed by atoms with Gasteiger partial charge in [0, 0.05) is 11.6 Å². The lowest BCUT2D eigenvalue weighted by Crippen LogP contribution is -2.47. The van der Waals surface area contributed by atoms with Crippen LogP contribution < -0.4 is 5.43 Å². The van der Waals surface area contributed by atoms with Gasteiger partial charge in [-0.3, -0.25) is 9.59 Å². The second-order valence-corrected chi connectivity index (χ2v) is 9.07. The third-order valence-electron chi connectivity index (χ3n) is 6.26. The number of allylic oxidation sites excluding steroid dienone is 4. The summed E-state index contributed by atoms with van der Waals surface area (Å²) in [5, 5.41) is 57.2. The highest BCUT2D eigenvalue weighted by Crippen LogP contribution is 2.35. The summed E-state index contributed by atoms with van der Waals surface area (Å²) in [5.74, 6) is -3.37. The zero-order chi connectivity index (χ0) is 28.7. The van der Waals surface area contributed by atoms with Crippen molar-refractivity contribution in [3.63, 3.8) is 0 Å². The molecule has 206 valence electrons. The van der Waals surface area contributed by atoms with E-state index in [1.54, 1.807) is 12.2 Å². The van der Waals surface area contributed by atoms with Gasteiger partial charge in [-0.15, -0.1) is 0 Å². The van der Waals surface area contributed by atoms with E-state index in [9.17, 15) is 45.0 Å². The van der Waals surface area contributed by atoms with Crippen molar-refractivity contribution >= 4 is 23.0 Å². The van der Waals surface area contributed by atoms with E-state index in [0.29, 0.717) is 6.29 Å². The van der Waals surface area contributed by atoms with Crippen molar-refractivity contribution in [2.24, 2.45) is 11.8 Å². The molecule has 0 radical (unpaired) electrons. The number of carbonyl (C=O) groups is 2. The van der Waals surface area contributed by atoms with Crippen LogP contribution in [0.5, 0.6) is 23.0 Å². The molecule has 4 unspecified atom stereocenters. The number of aldehydes is 1. The lowest BCUT2D eigenvalue weighted by molar-refractivity contribution is -0.146. The molecule has 0 spiro atoms. The molecular formula is C29H30O10. The second-order valence-electron chi connectivity index (χ2n) is 9.07. The van der Waals surface area contributed by atoms with Crippen molar-refractivity contribution in [1.29, 1.82) is 0 Å². The van der Waals surface area contributed by atoms with Crippen LogP contribution >= 0.6 is 0 Å². The molecule has 1 fully saturated rings. The predicted octanol–water partition coefficient (Wildman–Crippen LogP) is 3.31. The van der Waals surface area contributed by atoms with Gasteiger partial charge in [0.25, 0.3) is 0 Å². The van der Waals surface area contributed by atoms with Crippen molar-refractivity contribution in [1.82, 2.24) is 0 Å². The molecule has 3 aromatic rings. The summed E-state index contributed by atoms with van der Waals surface area (Å²) in [6.07, 6.45) is 7.72. The van der Waals surface area contributed by atoms with Crippen LogP contribution in [0.25, 0.3) is 22.3 Å². The maximum Gasteiger partial charge on any atom is 0.235 e. The molecule has 39 heavy (non-hydrogen) atoms. The van der Waals surface area contributed by atoms with E-state index in [1.807, 2.05) is 12.2 Å². The Kier molecular flexibility index (Phi) is 9.64. The highest BCUT2D eigenvalue weighted by Gasteiger charge is 2.41. The smallest absolute Gasteiger partial charge is 0.235 e. The maximum atomic E-state index is 12.1. The van der Waals surface area contributed by atoms with Crippen LogP contribution in [0.15, 0.2) is 69.9 Å². The molecule has 10 nitrogen and oxygen atoms in total. The van der Waals surface area contributed by atoms with Gasteiger partial charge >= 0.3 is 0 Å². The van der Waals surface area contributed by atoms with E-state index in [0.717, 1.165) is 18.9 Å². The summed E-state index contributed by atoms with van der Waals surface area (Å²) >= 11 is 0. The number of rotatable bonds is 6. The maximum absolute atomic E-state index is 12.1. The van der Waals surface area contributed by atoms with E-state index in [4.69, 9.17) is 4.42 Å². The number of carbonyl (C=O) groups excluding carboxylic acids is 2. The summed E-state index contributed by atoms with van der Waals surface area (Å²) in [7, 11) is 0. The summed E-state index contributed by atoms with van der Waals surface area (Å²) in [5.41, 5.74) is -0.343. The molecule has 0 saturated heterocycles. The largest absolute Gasteiger partial charge is 0.508 e. The normalized spacial score (nSPS) is 21.3. The molecule has 6 N–H and O–H groups in total. The molecule has 1 heterocycles. The number of fused-ring (bicyclic) bond motifs is 1. The molecular weight excluding hydrogens is 508 g/mol. The molecule has 10 heteroatoms.